The van der Waals surface area contributed by atoms with Crippen molar-refractivity contribution >= 4 is 29.7 Å². The Labute approximate surface area is 251 Å². The van der Waals surface area contributed by atoms with Gasteiger partial charge in [-0.25, -0.2) is 14.8 Å². The van der Waals surface area contributed by atoms with Gasteiger partial charge in [-0.1, -0.05) is 43.7 Å². The molecule has 1 aromatic carbocycles. The van der Waals surface area contributed by atoms with Crippen molar-refractivity contribution in [2.75, 3.05) is 57.4 Å². The van der Waals surface area contributed by atoms with Gasteiger partial charge < -0.3 is 29.5 Å². The van der Waals surface area contributed by atoms with Gasteiger partial charge in [0.05, 0.1) is 19.1 Å². The average Bonchev–Trinajstić information content (AvgIpc) is 3.54. The fourth-order valence-electron chi connectivity index (χ4n) is 5.84. The summed E-state index contributed by atoms with van der Waals surface area (Å²) in [6.07, 6.45) is 1.40. The fourth-order valence-corrected chi connectivity index (χ4v) is 5.84. The molecule has 0 radical (unpaired) electrons. The monoisotopic (exact) mass is 592 g/mol. The van der Waals surface area contributed by atoms with E-state index in [-0.39, 0.29) is 41.4 Å². The van der Waals surface area contributed by atoms with Crippen molar-refractivity contribution in [2.45, 2.75) is 39.7 Å². The number of ether oxygens (including phenoxy) is 2. The van der Waals surface area contributed by atoms with Crippen LogP contribution >= 0.6 is 0 Å². The second kappa shape index (κ2) is 13.4. The molecule has 230 valence electrons. The summed E-state index contributed by atoms with van der Waals surface area (Å²) in [4.78, 5) is 65.7. The number of hydrogen-bond acceptors (Lipinski definition) is 9. The van der Waals surface area contributed by atoms with E-state index in [0.717, 1.165) is 18.4 Å². The first-order valence-electron chi connectivity index (χ1n) is 15.2. The van der Waals surface area contributed by atoms with Crippen molar-refractivity contribution in [2.24, 2.45) is 17.8 Å². The van der Waals surface area contributed by atoms with Crippen LogP contribution in [0.4, 0.5) is 10.6 Å². The lowest BCUT2D eigenvalue weighted by atomic mass is 10.2. The molecule has 3 amide bonds. The molecule has 3 heterocycles. The number of unbranched alkanes of at least 4 members (excludes halogenated alkanes) is 1. The third kappa shape index (κ3) is 6.89. The van der Waals surface area contributed by atoms with E-state index in [0.29, 0.717) is 64.1 Å². The predicted octanol–water partition coefficient (Wildman–Crippen LogP) is 2.59. The van der Waals surface area contributed by atoms with Gasteiger partial charge in [-0.15, -0.1) is 0 Å². The van der Waals surface area contributed by atoms with E-state index in [1.54, 1.807) is 22.8 Å². The average molecular weight is 593 g/mol. The second-order valence-corrected chi connectivity index (χ2v) is 11.3. The van der Waals surface area contributed by atoms with Crippen LogP contribution in [-0.2, 0) is 19.1 Å². The molecule has 1 N–H and O–H groups in total. The van der Waals surface area contributed by atoms with E-state index in [1.165, 1.54) is 0 Å². The van der Waals surface area contributed by atoms with E-state index in [4.69, 9.17) is 14.5 Å². The lowest BCUT2D eigenvalue weighted by Gasteiger charge is -2.35. The van der Waals surface area contributed by atoms with Gasteiger partial charge in [-0.3, -0.25) is 14.4 Å². The molecule has 0 bridgehead atoms. The summed E-state index contributed by atoms with van der Waals surface area (Å²) in [7, 11) is 0. The second-order valence-electron chi connectivity index (χ2n) is 11.3. The summed E-state index contributed by atoms with van der Waals surface area (Å²) >= 11 is 0. The zero-order valence-electron chi connectivity index (χ0n) is 25.0. The smallest absolute Gasteiger partial charge is 0.409 e. The van der Waals surface area contributed by atoms with Gasteiger partial charge in [0.15, 0.2) is 5.82 Å². The summed E-state index contributed by atoms with van der Waals surface area (Å²) in [5.41, 5.74) is 0.924. The molecule has 43 heavy (non-hydrogen) atoms. The number of nitrogens with one attached hydrogen (secondary N) is 1. The lowest BCUT2D eigenvalue weighted by molar-refractivity contribution is -0.145. The number of aromatic nitrogens is 2. The first kappa shape index (κ1) is 30.2. The number of piperazine rings is 1. The van der Waals surface area contributed by atoms with Crippen molar-refractivity contribution in [3.63, 3.8) is 0 Å². The van der Waals surface area contributed by atoms with Gasteiger partial charge in [0.2, 0.25) is 5.91 Å². The number of piperidine rings is 1. The largest absolute Gasteiger partial charge is 0.466 e. The highest BCUT2D eigenvalue weighted by atomic mass is 16.6. The molecule has 1 saturated carbocycles. The Morgan fingerprint density at radius 1 is 0.953 bits per heavy atom. The number of hydrogen-bond donors (Lipinski definition) is 1. The van der Waals surface area contributed by atoms with E-state index in [2.05, 4.69) is 15.2 Å². The molecule has 3 aliphatic rings. The molecule has 3 fully saturated rings. The Morgan fingerprint density at radius 2 is 1.63 bits per heavy atom. The maximum Gasteiger partial charge on any atom is 0.409 e. The molecule has 3 atom stereocenters. The Morgan fingerprint density at radius 3 is 2.28 bits per heavy atom. The van der Waals surface area contributed by atoms with E-state index in [9.17, 15) is 19.2 Å². The molecule has 5 rings (SSSR count). The normalized spacial score (nSPS) is 21.6. The van der Waals surface area contributed by atoms with E-state index in [1.807, 2.05) is 44.2 Å². The Balaban J connectivity index is 1.23. The van der Waals surface area contributed by atoms with Gasteiger partial charge in [-0.05, 0) is 32.1 Å². The van der Waals surface area contributed by atoms with Crippen LogP contribution in [0.15, 0.2) is 36.4 Å². The molecule has 1 aromatic heterocycles. The summed E-state index contributed by atoms with van der Waals surface area (Å²) in [6, 6.07) is 10.3. The van der Waals surface area contributed by atoms with Crippen LogP contribution in [0.5, 0.6) is 0 Å². The number of anilines is 1. The molecule has 2 unspecified atom stereocenters. The summed E-state index contributed by atoms with van der Waals surface area (Å²) in [5.74, 6) is 0.516. The standard InChI is InChI=1S/C31H40N6O6/c1-4-6-16-43-31(41)36-14-12-35(13-15-36)29(39)20(3)32-28(38)24-17-25(34-27(33-24)21-10-8-7-9-11-21)37-18-22-23(19-37)26(22)30(40)42-5-2/h7-11,17,20,22-23,26H,4-6,12-16,18-19H2,1-3H3,(H,32,38)/t20-,22?,23?,26?/m0/s1. The van der Waals surface area contributed by atoms with Gasteiger partial charge in [-0.2, -0.15) is 0 Å². The minimum atomic E-state index is -0.793. The van der Waals surface area contributed by atoms with Crippen LogP contribution in [-0.4, -0.2) is 102 Å². The number of esters is 1. The van der Waals surface area contributed by atoms with E-state index < -0.39 is 11.9 Å². The first-order valence-corrected chi connectivity index (χ1v) is 15.2. The molecule has 2 saturated heterocycles. The molecule has 2 aromatic rings. The van der Waals surface area contributed by atoms with Crippen LogP contribution in [0.3, 0.4) is 0 Å². The van der Waals surface area contributed by atoms with Crippen LogP contribution < -0.4 is 10.2 Å². The van der Waals surface area contributed by atoms with Crippen LogP contribution in [0.1, 0.15) is 44.1 Å². The number of carbonyl (C=O) groups excluding carboxylic acids is 4. The quantitative estimate of drug-likeness (QED) is 0.326. The van der Waals surface area contributed by atoms with Crippen molar-refractivity contribution in [1.82, 2.24) is 25.1 Å². The number of carbonyl (C=O) groups is 4. The lowest BCUT2D eigenvalue weighted by Crippen LogP contribution is -2.55. The van der Waals surface area contributed by atoms with Gasteiger partial charge >= 0.3 is 12.1 Å². The maximum atomic E-state index is 13.4. The SMILES string of the molecule is CCCCOC(=O)N1CCN(C(=O)[C@H](C)NC(=O)c2cc(N3CC4C(C3)C4C(=O)OCC)nc(-c3ccccc3)n2)CC1. The highest BCUT2D eigenvalue weighted by Crippen LogP contribution is 2.53. The number of nitrogens with zero attached hydrogens (tertiary/aromatic N) is 5. The zero-order valence-corrected chi connectivity index (χ0v) is 25.0. The third-order valence-electron chi connectivity index (χ3n) is 8.35. The number of rotatable bonds is 10. The van der Waals surface area contributed by atoms with E-state index >= 15 is 0 Å². The van der Waals surface area contributed by atoms with Gasteiger partial charge in [0.1, 0.15) is 17.6 Å². The molecule has 2 aliphatic heterocycles. The molecule has 1 aliphatic carbocycles. The summed E-state index contributed by atoms with van der Waals surface area (Å²) < 4.78 is 10.5. The van der Waals surface area contributed by atoms with Crippen molar-refractivity contribution in [3.05, 3.63) is 42.1 Å². The Bertz CT molecular complexity index is 1320. The highest BCUT2D eigenvalue weighted by Gasteiger charge is 2.60. The van der Waals surface area contributed by atoms with Crippen molar-refractivity contribution in [1.29, 1.82) is 0 Å². The topological polar surface area (TPSA) is 134 Å². The van der Waals surface area contributed by atoms with Crippen LogP contribution in [0.25, 0.3) is 11.4 Å². The number of fused-ring (bicyclic) bond motifs is 1. The number of benzene rings is 1. The molecule has 12 nitrogen and oxygen atoms in total. The van der Waals surface area contributed by atoms with Gasteiger partial charge in [0.25, 0.3) is 5.91 Å². The molecule has 12 heteroatoms. The number of amides is 3. The molecular formula is C31H40N6O6. The first-order chi connectivity index (χ1) is 20.8. The molecular weight excluding hydrogens is 552 g/mol. The van der Waals surface area contributed by atoms with Crippen molar-refractivity contribution in [3.8, 4) is 11.4 Å². The minimum Gasteiger partial charge on any atom is -0.466 e. The van der Waals surface area contributed by atoms with Crippen LogP contribution in [0, 0.1) is 17.8 Å². The fraction of sp³-hybridized carbons (Fsp3) is 0.548. The Hall–Kier alpha value is -4.22. The van der Waals surface area contributed by atoms with Crippen molar-refractivity contribution < 1.29 is 28.7 Å². The maximum absolute atomic E-state index is 13.4. The molecule has 0 spiro atoms. The zero-order chi connectivity index (χ0) is 30.5. The highest BCUT2D eigenvalue weighted by molar-refractivity contribution is 5.97. The third-order valence-corrected chi connectivity index (χ3v) is 8.35. The van der Waals surface area contributed by atoms with Crippen LogP contribution in [0.2, 0.25) is 0 Å². The predicted molar refractivity (Wildman–Crippen MR) is 158 cm³/mol. The summed E-state index contributed by atoms with van der Waals surface area (Å²) in [5, 5.41) is 2.81. The minimum absolute atomic E-state index is 0.0742. The summed E-state index contributed by atoms with van der Waals surface area (Å²) in [6.45, 7) is 9.02. The van der Waals surface area contributed by atoms with Gasteiger partial charge in [0, 0.05) is 50.9 Å². The Kier molecular flexibility index (Phi) is 9.42.